The van der Waals surface area contributed by atoms with Crippen LogP contribution in [0.5, 0.6) is 0 Å². The number of nitrogens with zero attached hydrogens (tertiary/aromatic N) is 3. The maximum absolute atomic E-state index is 8.75. The zero-order chi connectivity index (χ0) is 13.7. The number of hydrazine groups is 1. The number of nitrogens with two attached hydrogens (primary N) is 1. The highest BCUT2D eigenvalue weighted by Gasteiger charge is 2.22. The van der Waals surface area contributed by atoms with Crippen LogP contribution in [-0.4, -0.2) is 47.5 Å². The molecule has 1 fully saturated rings. The minimum absolute atomic E-state index is 0.0801. The number of aliphatic hydroxyl groups excluding tert-OH is 1. The zero-order valence-electron chi connectivity index (χ0n) is 11.2. The largest absolute Gasteiger partial charge is 0.394 e. The highest BCUT2D eigenvalue weighted by molar-refractivity contribution is 5.57. The number of piperidine rings is 1. The molecule has 106 valence electrons. The Bertz CT molecular complexity index is 407. The highest BCUT2D eigenvalue weighted by atomic mass is 16.5. The maximum atomic E-state index is 8.75. The molecule has 2 heterocycles. The summed E-state index contributed by atoms with van der Waals surface area (Å²) in [5, 5.41) is 8.75. The van der Waals surface area contributed by atoms with Gasteiger partial charge in [0.15, 0.2) is 0 Å². The highest BCUT2D eigenvalue weighted by Crippen LogP contribution is 2.25. The Hall–Kier alpha value is -1.44. The van der Waals surface area contributed by atoms with E-state index < -0.39 is 0 Å². The summed E-state index contributed by atoms with van der Waals surface area (Å²) in [5.74, 6) is 7.00. The average Bonchev–Trinajstić information content (AvgIpc) is 2.46. The number of nitrogens with one attached hydrogen (secondary N) is 1. The molecule has 7 nitrogen and oxygen atoms in total. The third kappa shape index (κ3) is 3.31. The van der Waals surface area contributed by atoms with Gasteiger partial charge in [-0.05, 0) is 19.8 Å². The van der Waals surface area contributed by atoms with E-state index in [4.69, 9.17) is 15.7 Å². The summed E-state index contributed by atoms with van der Waals surface area (Å²) in [4.78, 5) is 10.6. The minimum Gasteiger partial charge on any atom is -0.394 e. The van der Waals surface area contributed by atoms with Gasteiger partial charge >= 0.3 is 0 Å². The monoisotopic (exact) mass is 267 g/mol. The van der Waals surface area contributed by atoms with Gasteiger partial charge < -0.3 is 20.2 Å². The van der Waals surface area contributed by atoms with Gasteiger partial charge in [-0.15, -0.1) is 0 Å². The predicted molar refractivity (Wildman–Crippen MR) is 72.9 cm³/mol. The van der Waals surface area contributed by atoms with Crippen LogP contribution >= 0.6 is 0 Å². The van der Waals surface area contributed by atoms with Crippen molar-refractivity contribution in [2.45, 2.75) is 25.9 Å². The molecular weight excluding hydrogens is 246 g/mol. The van der Waals surface area contributed by atoms with Gasteiger partial charge in [0.25, 0.3) is 0 Å². The van der Waals surface area contributed by atoms with Crippen molar-refractivity contribution in [3.8, 4) is 0 Å². The molecule has 0 aromatic carbocycles. The number of nitrogen functional groups attached to an aromatic ring is 1. The summed E-state index contributed by atoms with van der Waals surface area (Å²) in [5.41, 5.74) is 3.54. The van der Waals surface area contributed by atoms with E-state index in [1.807, 2.05) is 6.92 Å². The number of anilines is 2. The fraction of sp³-hybridized carbons (Fsp3) is 0.667. The topological polar surface area (TPSA) is 96.5 Å². The van der Waals surface area contributed by atoms with E-state index in [-0.39, 0.29) is 12.7 Å². The summed E-state index contributed by atoms with van der Waals surface area (Å²) in [6.07, 6.45) is 3.63. The van der Waals surface area contributed by atoms with Crippen molar-refractivity contribution in [3.05, 3.63) is 11.9 Å². The summed E-state index contributed by atoms with van der Waals surface area (Å²) in [6, 6.07) is 0. The van der Waals surface area contributed by atoms with Crippen molar-refractivity contribution >= 4 is 11.6 Å². The average molecular weight is 267 g/mol. The first-order valence-electron chi connectivity index (χ1n) is 6.52. The lowest BCUT2D eigenvalue weighted by molar-refractivity contribution is 0.0158. The molecule has 1 aromatic rings. The first kappa shape index (κ1) is 14.0. The Morgan fingerprint density at radius 1 is 1.47 bits per heavy atom. The number of ether oxygens (including phenoxy) is 1. The lowest BCUT2D eigenvalue weighted by Gasteiger charge is -2.33. The third-order valence-electron chi connectivity index (χ3n) is 3.38. The Balaban J connectivity index is 1.98. The Kier molecular flexibility index (Phi) is 4.89. The van der Waals surface area contributed by atoms with Crippen molar-refractivity contribution in [1.29, 1.82) is 0 Å². The number of hydrogen-bond donors (Lipinski definition) is 3. The van der Waals surface area contributed by atoms with Crippen LogP contribution in [0, 0.1) is 6.92 Å². The lowest BCUT2D eigenvalue weighted by atomic mass is 10.1. The Morgan fingerprint density at radius 2 is 2.21 bits per heavy atom. The van der Waals surface area contributed by atoms with Gasteiger partial charge in [-0.2, -0.15) is 0 Å². The summed E-state index contributed by atoms with van der Waals surface area (Å²) in [6.45, 7) is 4.23. The molecule has 19 heavy (non-hydrogen) atoms. The molecule has 0 amide bonds. The molecule has 0 bridgehead atoms. The van der Waals surface area contributed by atoms with Gasteiger partial charge in [-0.25, -0.2) is 15.8 Å². The number of aromatic nitrogens is 2. The van der Waals surface area contributed by atoms with Crippen LogP contribution in [-0.2, 0) is 4.74 Å². The number of aliphatic hydroxyl groups is 1. The molecule has 0 spiro atoms. The molecule has 1 aliphatic rings. The lowest BCUT2D eigenvalue weighted by Crippen LogP contribution is -2.38. The van der Waals surface area contributed by atoms with E-state index >= 15 is 0 Å². The predicted octanol–water partition coefficient (Wildman–Crippen LogP) is 0.0483. The fourth-order valence-corrected chi connectivity index (χ4v) is 2.36. The molecule has 7 heteroatoms. The van der Waals surface area contributed by atoms with Crippen molar-refractivity contribution in [2.24, 2.45) is 5.84 Å². The normalized spacial score (nSPS) is 16.7. The van der Waals surface area contributed by atoms with Crippen molar-refractivity contribution in [3.63, 3.8) is 0 Å². The smallest absolute Gasteiger partial charge is 0.148 e. The second-order valence-electron chi connectivity index (χ2n) is 4.60. The second kappa shape index (κ2) is 6.65. The van der Waals surface area contributed by atoms with Gasteiger partial charge in [0.1, 0.15) is 18.0 Å². The first-order valence-corrected chi connectivity index (χ1v) is 6.52. The van der Waals surface area contributed by atoms with Crippen molar-refractivity contribution in [2.75, 3.05) is 36.6 Å². The maximum Gasteiger partial charge on any atom is 0.148 e. The number of rotatable bonds is 5. The van der Waals surface area contributed by atoms with Gasteiger partial charge in [-0.1, -0.05) is 0 Å². The van der Waals surface area contributed by atoms with Crippen LogP contribution in [0.2, 0.25) is 0 Å². The summed E-state index contributed by atoms with van der Waals surface area (Å²) < 4.78 is 5.55. The van der Waals surface area contributed by atoms with E-state index in [0.717, 1.165) is 37.3 Å². The van der Waals surface area contributed by atoms with Gasteiger partial charge in [0.2, 0.25) is 0 Å². The van der Waals surface area contributed by atoms with E-state index in [1.54, 1.807) is 0 Å². The number of hydrogen-bond acceptors (Lipinski definition) is 7. The van der Waals surface area contributed by atoms with Crippen LogP contribution in [0.4, 0.5) is 11.6 Å². The van der Waals surface area contributed by atoms with Crippen molar-refractivity contribution < 1.29 is 9.84 Å². The van der Waals surface area contributed by atoms with Crippen molar-refractivity contribution in [1.82, 2.24) is 9.97 Å². The molecule has 0 radical (unpaired) electrons. The molecule has 1 aromatic heterocycles. The van der Waals surface area contributed by atoms with E-state index in [9.17, 15) is 0 Å². The summed E-state index contributed by atoms with van der Waals surface area (Å²) in [7, 11) is 0. The minimum atomic E-state index is 0.0801. The van der Waals surface area contributed by atoms with E-state index in [0.29, 0.717) is 12.4 Å². The SMILES string of the molecule is Cc1c(NN)ncnc1N1CCC(OCCO)CC1. The molecule has 2 rings (SSSR count). The van der Waals surface area contributed by atoms with E-state index in [1.165, 1.54) is 6.33 Å². The quantitative estimate of drug-likeness (QED) is 0.512. The molecule has 1 aliphatic heterocycles. The molecule has 0 atom stereocenters. The van der Waals surface area contributed by atoms with Crippen LogP contribution in [0.25, 0.3) is 0 Å². The molecule has 0 unspecified atom stereocenters. The third-order valence-corrected chi connectivity index (χ3v) is 3.38. The molecule has 4 N–H and O–H groups in total. The van der Waals surface area contributed by atoms with Crippen LogP contribution < -0.4 is 16.2 Å². The Labute approximate surface area is 112 Å². The molecule has 1 saturated heterocycles. The molecular formula is C12H21N5O2. The first-order chi connectivity index (χ1) is 9.26. The van der Waals surface area contributed by atoms with E-state index in [2.05, 4.69) is 20.3 Å². The molecule has 0 aliphatic carbocycles. The van der Waals surface area contributed by atoms with Gasteiger partial charge in [-0.3, -0.25) is 0 Å². The fourth-order valence-electron chi connectivity index (χ4n) is 2.36. The van der Waals surface area contributed by atoms with Crippen LogP contribution in [0.1, 0.15) is 18.4 Å². The Morgan fingerprint density at radius 3 is 2.84 bits per heavy atom. The van der Waals surface area contributed by atoms with Gasteiger partial charge in [0.05, 0.1) is 19.3 Å². The van der Waals surface area contributed by atoms with Gasteiger partial charge in [0, 0.05) is 18.7 Å². The standard InChI is InChI=1S/C12H21N5O2/c1-9-11(16-13)14-8-15-12(9)17-4-2-10(3-5-17)19-7-6-18/h8,10,18H,2-7,13H2,1H3,(H,14,15,16). The van der Waals surface area contributed by atoms with Crippen LogP contribution in [0.15, 0.2) is 6.33 Å². The molecule has 0 saturated carbocycles. The second-order valence-corrected chi connectivity index (χ2v) is 4.60. The van der Waals surface area contributed by atoms with Crippen LogP contribution in [0.3, 0.4) is 0 Å². The summed E-state index contributed by atoms with van der Waals surface area (Å²) >= 11 is 0. The zero-order valence-corrected chi connectivity index (χ0v) is 11.2.